The van der Waals surface area contributed by atoms with Gasteiger partial charge in [0.1, 0.15) is 0 Å². The maximum Gasteiger partial charge on any atom is 0.264 e. The van der Waals surface area contributed by atoms with Gasteiger partial charge in [-0.15, -0.1) is 21.5 Å². The highest BCUT2D eigenvalue weighted by Crippen LogP contribution is 2.19. The van der Waals surface area contributed by atoms with Crippen molar-refractivity contribution in [2.24, 2.45) is 0 Å². The second kappa shape index (κ2) is 5.96. The molecule has 0 saturated carbocycles. The smallest absolute Gasteiger partial charge is 0.264 e. The van der Waals surface area contributed by atoms with Crippen molar-refractivity contribution in [1.29, 1.82) is 0 Å². The van der Waals surface area contributed by atoms with Gasteiger partial charge in [0.25, 0.3) is 5.91 Å². The molecule has 0 unspecified atom stereocenters. The number of hydrogen-bond acceptors (Lipinski definition) is 6. The predicted molar refractivity (Wildman–Crippen MR) is 73.8 cm³/mol. The molecule has 0 aliphatic carbocycles. The Morgan fingerprint density at radius 1 is 1.25 bits per heavy atom. The van der Waals surface area contributed by atoms with Crippen LogP contribution in [0.3, 0.4) is 0 Å². The van der Waals surface area contributed by atoms with Crippen molar-refractivity contribution in [3.63, 3.8) is 0 Å². The van der Waals surface area contributed by atoms with Crippen LogP contribution in [0.5, 0.6) is 0 Å². The zero-order valence-corrected chi connectivity index (χ0v) is 12.4. The van der Waals surface area contributed by atoms with Crippen molar-refractivity contribution in [2.45, 2.75) is 26.8 Å². The minimum absolute atomic E-state index is 0.0406. The molecule has 0 spiro atoms. The molecule has 2 aromatic rings. The van der Waals surface area contributed by atoms with Crippen molar-refractivity contribution < 1.29 is 14.0 Å². The van der Waals surface area contributed by atoms with E-state index in [-0.39, 0.29) is 18.2 Å². The normalized spacial score (nSPS) is 10.6. The highest BCUT2D eigenvalue weighted by Gasteiger charge is 2.17. The second-order valence-electron chi connectivity index (χ2n) is 4.32. The van der Waals surface area contributed by atoms with E-state index in [0.29, 0.717) is 28.0 Å². The number of hydrogen-bond donors (Lipinski definition) is 0. The molecule has 0 fully saturated rings. The summed E-state index contributed by atoms with van der Waals surface area (Å²) in [5.41, 5.74) is 0. The number of nitrogens with zero attached hydrogens (tertiary/aromatic N) is 3. The summed E-state index contributed by atoms with van der Waals surface area (Å²) in [7, 11) is 1.66. The molecule has 6 nitrogen and oxygen atoms in total. The van der Waals surface area contributed by atoms with Crippen LogP contribution in [0.1, 0.15) is 45.0 Å². The summed E-state index contributed by atoms with van der Waals surface area (Å²) < 4.78 is 5.37. The Kier molecular flexibility index (Phi) is 4.29. The molecule has 0 bridgehead atoms. The van der Waals surface area contributed by atoms with Gasteiger partial charge in [-0.2, -0.15) is 0 Å². The largest absolute Gasteiger partial charge is 0.423 e. The van der Waals surface area contributed by atoms with E-state index in [9.17, 15) is 9.59 Å². The fraction of sp³-hybridized carbons (Fsp3) is 0.385. The zero-order chi connectivity index (χ0) is 14.7. The molecule has 20 heavy (non-hydrogen) atoms. The SMILES string of the molecule is CCc1nnc(CN(C)C(=O)c2ccc(C(C)=O)s2)o1. The molecule has 2 heterocycles. The van der Waals surface area contributed by atoms with Gasteiger partial charge >= 0.3 is 0 Å². The lowest BCUT2D eigenvalue weighted by Gasteiger charge is -2.13. The van der Waals surface area contributed by atoms with Crippen LogP contribution < -0.4 is 0 Å². The minimum atomic E-state index is -0.168. The third kappa shape index (κ3) is 3.11. The second-order valence-corrected chi connectivity index (χ2v) is 5.41. The lowest BCUT2D eigenvalue weighted by Crippen LogP contribution is -2.25. The fourth-order valence-corrected chi connectivity index (χ4v) is 2.50. The summed E-state index contributed by atoms with van der Waals surface area (Å²) in [6, 6.07) is 3.32. The van der Waals surface area contributed by atoms with Crippen LogP contribution in [0.4, 0.5) is 0 Å². The van der Waals surface area contributed by atoms with Crippen molar-refractivity contribution in [2.75, 3.05) is 7.05 Å². The average molecular weight is 293 g/mol. The Labute approximate surface area is 120 Å². The Hall–Kier alpha value is -2.02. The minimum Gasteiger partial charge on any atom is -0.423 e. The van der Waals surface area contributed by atoms with Crippen LogP contribution in [0.2, 0.25) is 0 Å². The third-order valence-corrected chi connectivity index (χ3v) is 3.87. The summed E-state index contributed by atoms with van der Waals surface area (Å²) in [6.07, 6.45) is 0.664. The fourth-order valence-electron chi connectivity index (χ4n) is 1.60. The van der Waals surface area contributed by atoms with Gasteiger partial charge in [0.2, 0.25) is 11.8 Å². The van der Waals surface area contributed by atoms with E-state index in [4.69, 9.17) is 4.42 Å². The van der Waals surface area contributed by atoms with Crippen LogP contribution in [0.15, 0.2) is 16.5 Å². The summed E-state index contributed by atoms with van der Waals surface area (Å²) in [5, 5.41) is 7.73. The first-order valence-electron chi connectivity index (χ1n) is 6.18. The van der Waals surface area contributed by atoms with Gasteiger partial charge in [0.15, 0.2) is 5.78 Å². The molecule has 0 saturated heterocycles. The van der Waals surface area contributed by atoms with Crippen molar-refractivity contribution >= 4 is 23.0 Å². The van der Waals surface area contributed by atoms with Crippen molar-refractivity contribution in [3.8, 4) is 0 Å². The molecule has 0 aliphatic rings. The van der Waals surface area contributed by atoms with Gasteiger partial charge in [-0.25, -0.2) is 0 Å². The maximum atomic E-state index is 12.2. The van der Waals surface area contributed by atoms with Crippen molar-refractivity contribution in [3.05, 3.63) is 33.7 Å². The Bertz CT molecular complexity index is 632. The monoisotopic (exact) mass is 293 g/mol. The van der Waals surface area contributed by atoms with Crippen LogP contribution in [-0.4, -0.2) is 33.8 Å². The topological polar surface area (TPSA) is 76.3 Å². The van der Waals surface area contributed by atoms with E-state index >= 15 is 0 Å². The number of rotatable bonds is 5. The highest BCUT2D eigenvalue weighted by molar-refractivity contribution is 7.15. The van der Waals surface area contributed by atoms with E-state index in [2.05, 4.69) is 10.2 Å². The molecular formula is C13H15N3O3S. The molecule has 7 heteroatoms. The molecule has 2 aromatic heterocycles. The third-order valence-electron chi connectivity index (χ3n) is 2.69. The number of ketones is 1. The Morgan fingerprint density at radius 2 is 1.90 bits per heavy atom. The molecule has 1 amide bonds. The van der Waals surface area contributed by atoms with Crippen LogP contribution in [0.25, 0.3) is 0 Å². The van der Waals surface area contributed by atoms with Crippen LogP contribution >= 0.6 is 11.3 Å². The molecule has 0 aliphatic heterocycles. The standard InChI is InChI=1S/C13H15N3O3S/c1-4-11-14-15-12(19-11)7-16(3)13(18)10-6-5-9(20-10)8(2)17/h5-6H,4,7H2,1-3H3. The molecule has 106 valence electrons. The molecule has 0 aromatic carbocycles. The first-order chi connectivity index (χ1) is 9.51. The molecule has 0 N–H and O–H groups in total. The molecule has 0 radical (unpaired) electrons. The van der Waals surface area contributed by atoms with Crippen LogP contribution in [-0.2, 0) is 13.0 Å². The van der Waals surface area contributed by atoms with Gasteiger partial charge in [0.05, 0.1) is 16.3 Å². The van der Waals surface area contributed by atoms with Gasteiger partial charge in [-0.1, -0.05) is 6.92 Å². The van der Waals surface area contributed by atoms with E-state index in [1.807, 2.05) is 6.92 Å². The van der Waals surface area contributed by atoms with E-state index in [1.165, 1.54) is 23.2 Å². The number of carbonyl (C=O) groups is 2. The first-order valence-corrected chi connectivity index (χ1v) is 7.00. The summed E-state index contributed by atoms with van der Waals surface area (Å²) >= 11 is 1.19. The maximum absolute atomic E-state index is 12.2. The average Bonchev–Trinajstić information content (AvgIpc) is 3.06. The first kappa shape index (κ1) is 14.4. The number of thiophene rings is 1. The number of aromatic nitrogens is 2. The quantitative estimate of drug-likeness (QED) is 0.790. The molecule has 2 rings (SSSR count). The van der Waals surface area contributed by atoms with E-state index in [1.54, 1.807) is 19.2 Å². The van der Waals surface area contributed by atoms with Gasteiger partial charge in [0, 0.05) is 13.5 Å². The Morgan fingerprint density at radius 3 is 2.45 bits per heavy atom. The summed E-state index contributed by atoms with van der Waals surface area (Å²) in [5.74, 6) is 0.747. The van der Waals surface area contributed by atoms with Gasteiger partial charge in [-0.05, 0) is 19.1 Å². The van der Waals surface area contributed by atoms with Crippen molar-refractivity contribution in [1.82, 2.24) is 15.1 Å². The number of aryl methyl sites for hydroxylation is 1. The van der Waals surface area contributed by atoms with Crippen LogP contribution in [0, 0.1) is 0 Å². The number of amides is 1. The van der Waals surface area contributed by atoms with E-state index < -0.39 is 0 Å². The summed E-state index contributed by atoms with van der Waals surface area (Å²) in [6.45, 7) is 3.65. The van der Waals surface area contributed by atoms with Gasteiger partial charge in [-0.3, -0.25) is 9.59 Å². The highest BCUT2D eigenvalue weighted by atomic mass is 32.1. The Balaban J connectivity index is 2.05. The number of Topliss-reactive ketones (excluding diaryl/α,β-unsaturated/α-hetero) is 1. The lowest BCUT2D eigenvalue weighted by atomic mass is 10.3. The van der Waals surface area contributed by atoms with Gasteiger partial charge < -0.3 is 9.32 Å². The molecular weight excluding hydrogens is 278 g/mol. The zero-order valence-electron chi connectivity index (χ0n) is 11.5. The summed E-state index contributed by atoms with van der Waals surface area (Å²) in [4.78, 5) is 26.0. The lowest BCUT2D eigenvalue weighted by molar-refractivity contribution is 0.0777. The predicted octanol–water partition coefficient (Wildman–Crippen LogP) is 2.17. The number of carbonyl (C=O) groups excluding carboxylic acids is 2. The molecule has 0 atom stereocenters. The van der Waals surface area contributed by atoms with E-state index in [0.717, 1.165) is 0 Å².